The van der Waals surface area contributed by atoms with Crippen molar-refractivity contribution in [2.24, 2.45) is 0 Å². The van der Waals surface area contributed by atoms with Gasteiger partial charge < -0.3 is 14.2 Å². The Morgan fingerprint density at radius 1 is 1.05 bits per heavy atom. The third-order valence-electron chi connectivity index (χ3n) is 2.15. The molecule has 0 radical (unpaired) electrons. The maximum Gasteiger partial charge on any atom is 0.384 e. The molecule has 10 heteroatoms. The fraction of sp³-hybridized carbons (Fsp3) is 0.750. The average molecular weight is 338 g/mol. The van der Waals surface area contributed by atoms with E-state index in [-0.39, 0.29) is 5.57 Å². The topological polar surface area (TPSA) is 44.8 Å². The van der Waals surface area contributed by atoms with Gasteiger partial charge in [-0.05, 0) is 13.8 Å². The Hall–Kier alpha value is -1.29. The van der Waals surface area contributed by atoms with E-state index in [0.717, 1.165) is 6.92 Å². The second-order valence-electron chi connectivity index (χ2n) is 4.74. The highest BCUT2D eigenvalue weighted by Crippen LogP contribution is 2.28. The summed E-state index contributed by atoms with van der Waals surface area (Å²) in [6, 6.07) is 0. The van der Waals surface area contributed by atoms with Crippen LogP contribution in [-0.2, 0) is 19.0 Å². The Morgan fingerprint density at radius 3 is 1.95 bits per heavy atom. The average Bonchev–Trinajstić information content (AvgIpc) is 2.42. The number of rotatable bonds is 10. The maximum absolute atomic E-state index is 13.0. The van der Waals surface area contributed by atoms with Gasteiger partial charge in [-0.1, -0.05) is 6.58 Å². The number of alkyl halides is 6. The second-order valence-corrected chi connectivity index (χ2v) is 4.74. The van der Waals surface area contributed by atoms with Crippen molar-refractivity contribution in [2.45, 2.75) is 31.7 Å². The van der Waals surface area contributed by atoms with Gasteiger partial charge in [-0.3, -0.25) is 0 Å². The van der Waals surface area contributed by atoms with Gasteiger partial charge in [0.2, 0.25) is 0 Å². The van der Waals surface area contributed by atoms with Crippen LogP contribution in [0.15, 0.2) is 12.2 Å². The lowest BCUT2D eigenvalue weighted by Crippen LogP contribution is -2.48. The first kappa shape index (κ1) is 20.7. The number of hydrogen-bond donors (Lipinski definition) is 0. The molecule has 0 aromatic heterocycles. The predicted octanol–water partition coefficient (Wildman–Crippen LogP) is 3.02. The Labute approximate surface area is 123 Å². The molecule has 0 aliphatic rings. The van der Waals surface area contributed by atoms with Crippen molar-refractivity contribution < 1.29 is 45.3 Å². The Bertz CT molecular complexity index is 401. The zero-order valence-corrected chi connectivity index (χ0v) is 11.9. The molecule has 22 heavy (non-hydrogen) atoms. The van der Waals surface area contributed by atoms with Crippen molar-refractivity contribution in [1.29, 1.82) is 0 Å². The van der Waals surface area contributed by atoms with Crippen LogP contribution in [0.4, 0.5) is 26.3 Å². The van der Waals surface area contributed by atoms with Crippen molar-refractivity contribution in [3.63, 3.8) is 0 Å². The Balaban J connectivity index is 4.96. The van der Waals surface area contributed by atoms with Crippen molar-refractivity contribution in [3.05, 3.63) is 12.2 Å². The van der Waals surface area contributed by atoms with Gasteiger partial charge in [0.25, 0.3) is 0 Å². The van der Waals surface area contributed by atoms with Gasteiger partial charge in [-0.15, -0.1) is 0 Å². The lowest BCUT2D eigenvalue weighted by Gasteiger charge is -2.32. The number of carbonyl (C=O) groups is 1. The smallest absolute Gasteiger partial charge is 0.384 e. The minimum absolute atomic E-state index is 0.0883. The summed E-state index contributed by atoms with van der Waals surface area (Å²) in [5.74, 6) is -1.00. The fourth-order valence-corrected chi connectivity index (χ4v) is 1.13. The summed E-state index contributed by atoms with van der Waals surface area (Å²) in [4.78, 5) is 11.2. The zero-order valence-electron chi connectivity index (χ0n) is 11.9. The summed E-state index contributed by atoms with van der Waals surface area (Å²) in [6.07, 6.45) is -8.56. The van der Waals surface area contributed by atoms with Gasteiger partial charge >= 0.3 is 18.2 Å². The third kappa shape index (κ3) is 7.64. The van der Waals surface area contributed by atoms with E-state index in [0.29, 0.717) is 0 Å². The van der Waals surface area contributed by atoms with Crippen LogP contribution >= 0.6 is 0 Å². The lowest BCUT2D eigenvalue weighted by atomic mass is 10.1. The molecule has 0 saturated heterocycles. The van der Waals surface area contributed by atoms with Crippen LogP contribution in [0.3, 0.4) is 0 Å². The summed E-state index contributed by atoms with van der Waals surface area (Å²) in [5, 5.41) is 0. The highest BCUT2D eigenvalue weighted by molar-refractivity contribution is 5.86. The summed E-state index contributed by atoms with van der Waals surface area (Å²) >= 11 is 0. The molecule has 0 rings (SSSR count). The molecule has 0 fully saturated rings. The van der Waals surface area contributed by atoms with Crippen LogP contribution in [0, 0.1) is 0 Å². The van der Waals surface area contributed by atoms with E-state index in [2.05, 4.69) is 20.8 Å². The molecule has 0 heterocycles. The third-order valence-corrected chi connectivity index (χ3v) is 2.15. The van der Waals surface area contributed by atoms with Gasteiger partial charge in [-0.2, -0.15) is 17.6 Å². The van der Waals surface area contributed by atoms with Crippen molar-refractivity contribution in [3.8, 4) is 0 Å². The highest BCUT2D eigenvalue weighted by Gasteiger charge is 2.44. The molecule has 0 aliphatic heterocycles. The molecule has 130 valence electrons. The van der Waals surface area contributed by atoms with Gasteiger partial charge in [0.15, 0.2) is 13.3 Å². The van der Waals surface area contributed by atoms with Gasteiger partial charge in [0.1, 0.15) is 12.2 Å². The minimum Gasteiger partial charge on any atom is -0.459 e. The van der Waals surface area contributed by atoms with Crippen LogP contribution in [0.1, 0.15) is 13.8 Å². The van der Waals surface area contributed by atoms with Crippen LogP contribution < -0.4 is 0 Å². The Morgan fingerprint density at radius 2 is 1.55 bits per heavy atom. The molecule has 0 amide bonds. The van der Waals surface area contributed by atoms with Crippen LogP contribution in [0.25, 0.3) is 0 Å². The monoisotopic (exact) mass is 338 g/mol. The van der Waals surface area contributed by atoms with Crippen molar-refractivity contribution in [2.75, 3.05) is 26.6 Å². The number of ether oxygens (including phenoxy) is 3. The number of halogens is 6. The quantitative estimate of drug-likeness (QED) is 0.349. The van der Waals surface area contributed by atoms with Crippen LogP contribution in [-0.4, -0.2) is 50.4 Å². The first-order chi connectivity index (χ1) is 9.86. The first-order valence-corrected chi connectivity index (χ1v) is 5.91. The summed E-state index contributed by atoms with van der Waals surface area (Å²) in [6.45, 7) is -1.39. The normalized spacial score (nSPS) is 15.3. The predicted molar refractivity (Wildman–Crippen MR) is 63.1 cm³/mol. The maximum atomic E-state index is 13.0. The number of esters is 1. The standard InChI is InChI=1S/C12H16F6O4/c1-8(2)9(19)20-6-10(3,22-12(17,18)5-14)7-21-11(15,16)4-13/h1,4-7H2,2-3H3. The zero-order chi connectivity index (χ0) is 17.6. The van der Waals surface area contributed by atoms with E-state index < -0.39 is 50.4 Å². The minimum atomic E-state index is -4.32. The second kappa shape index (κ2) is 7.82. The SMILES string of the molecule is C=C(C)C(=O)OCC(C)(COC(F)(F)CF)OC(F)(F)CF. The molecule has 1 atom stereocenters. The molecule has 0 aromatic rings. The van der Waals surface area contributed by atoms with E-state index in [4.69, 9.17) is 0 Å². The molecule has 0 aliphatic carbocycles. The first-order valence-electron chi connectivity index (χ1n) is 5.91. The number of carbonyl (C=O) groups excluding carboxylic acids is 1. The molecular weight excluding hydrogens is 322 g/mol. The van der Waals surface area contributed by atoms with Crippen LogP contribution in [0.2, 0.25) is 0 Å². The largest absolute Gasteiger partial charge is 0.459 e. The molecule has 0 N–H and O–H groups in total. The molecule has 0 aromatic carbocycles. The summed E-state index contributed by atoms with van der Waals surface area (Å²) < 4.78 is 87.8. The molecular formula is C12H16F6O4. The van der Waals surface area contributed by atoms with Gasteiger partial charge in [0, 0.05) is 5.57 Å². The van der Waals surface area contributed by atoms with E-state index in [1.165, 1.54) is 6.92 Å². The fourth-order valence-electron chi connectivity index (χ4n) is 1.13. The van der Waals surface area contributed by atoms with Crippen molar-refractivity contribution >= 4 is 5.97 Å². The van der Waals surface area contributed by atoms with Gasteiger partial charge in [-0.25, -0.2) is 13.6 Å². The molecule has 1 unspecified atom stereocenters. The molecule has 0 bridgehead atoms. The van der Waals surface area contributed by atoms with Gasteiger partial charge in [0.05, 0.1) is 6.61 Å². The molecule has 4 nitrogen and oxygen atoms in total. The lowest BCUT2D eigenvalue weighted by molar-refractivity contribution is -0.334. The van der Waals surface area contributed by atoms with Crippen molar-refractivity contribution in [1.82, 2.24) is 0 Å². The Kier molecular flexibility index (Phi) is 7.36. The van der Waals surface area contributed by atoms with E-state index in [9.17, 15) is 31.1 Å². The van der Waals surface area contributed by atoms with E-state index in [1.807, 2.05) is 0 Å². The van der Waals surface area contributed by atoms with E-state index >= 15 is 0 Å². The molecule has 0 saturated carbocycles. The summed E-state index contributed by atoms with van der Waals surface area (Å²) in [7, 11) is 0. The highest BCUT2D eigenvalue weighted by atomic mass is 19.3. The van der Waals surface area contributed by atoms with E-state index in [1.54, 1.807) is 0 Å². The summed E-state index contributed by atoms with van der Waals surface area (Å²) in [5.41, 5.74) is -2.42. The number of hydrogen-bond acceptors (Lipinski definition) is 4. The molecule has 0 spiro atoms. The van der Waals surface area contributed by atoms with Crippen LogP contribution in [0.5, 0.6) is 0 Å².